The minimum Gasteiger partial charge on any atom is -0.393 e. The Morgan fingerprint density at radius 1 is 1.36 bits per heavy atom. The van der Waals surface area contributed by atoms with Crippen LogP contribution in [0.1, 0.15) is 52.4 Å². The Balaban J connectivity index is 2.02. The van der Waals surface area contributed by atoms with E-state index < -0.39 is 0 Å². The summed E-state index contributed by atoms with van der Waals surface area (Å²) < 4.78 is 0. The first-order chi connectivity index (χ1) is 6.76. The number of rotatable bonds is 7. The second-order valence-electron chi connectivity index (χ2n) is 4.65. The third kappa shape index (κ3) is 3.97. The van der Waals surface area contributed by atoms with Crippen LogP contribution in [-0.4, -0.2) is 23.8 Å². The monoisotopic (exact) mass is 199 g/mol. The molecule has 1 unspecified atom stereocenters. The summed E-state index contributed by atoms with van der Waals surface area (Å²) in [5.41, 5.74) is 0. The van der Waals surface area contributed by atoms with Crippen LogP contribution in [-0.2, 0) is 0 Å². The molecule has 0 aromatic heterocycles. The van der Waals surface area contributed by atoms with Crippen molar-refractivity contribution >= 4 is 0 Å². The van der Waals surface area contributed by atoms with Gasteiger partial charge in [-0.1, -0.05) is 26.7 Å². The molecule has 1 fully saturated rings. The number of unbranched alkanes of at least 4 members (excludes halogenated alkanes) is 1. The average molecular weight is 199 g/mol. The minimum atomic E-state index is -0.00230. The molecule has 1 atom stereocenters. The quantitative estimate of drug-likeness (QED) is 0.659. The third-order valence-electron chi connectivity index (χ3n) is 3.30. The van der Waals surface area contributed by atoms with Crippen LogP contribution in [0.4, 0.5) is 0 Å². The van der Waals surface area contributed by atoms with Crippen LogP contribution in [0.25, 0.3) is 0 Å². The lowest BCUT2D eigenvalue weighted by Gasteiger charge is -2.32. The molecule has 2 nitrogen and oxygen atoms in total. The second-order valence-corrected chi connectivity index (χ2v) is 4.65. The van der Waals surface area contributed by atoms with Gasteiger partial charge in [-0.15, -0.1) is 0 Å². The predicted molar refractivity (Wildman–Crippen MR) is 60.3 cm³/mol. The molecule has 1 aliphatic carbocycles. The Bertz CT molecular complexity index is 143. The van der Waals surface area contributed by atoms with E-state index in [1.807, 2.05) is 0 Å². The van der Waals surface area contributed by atoms with Crippen LogP contribution < -0.4 is 5.32 Å². The molecule has 1 saturated carbocycles. The van der Waals surface area contributed by atoms with Crippen molar-refractivity contribution in [3.8, 4) is 0 Å². The first-order valence-corrected chi connectivity index (χ1v) is 6.17. The van der Waals surface area contributed by atoms with Crippen LogP contribution in [0.2, 0.25) is 0 Å². The van der Waals surface area contributed by atoms with Gasteiger partial charge in [0.05, 0.1) is 6.10 Å². The van der Waals surface area contributed by atoms with Gasteiger partial charge in [-0.2, -0.15) is 0 Å². The zero-order valence-corrected chi connectivity index (χ0v) is 9.63. The van der Waals surface area contributed by atoms with Crippen molar-refractivity contribution < 1.29 is 5.11 Å². The van der Waals surface area contributed by atoms with Crippen molar-refractivity contribution in [1.82, 2.24) is 5.32 Å². The Labute approximate surface area is 88.1 Å². The first-order valence-electron chi connectivity index (χ1n) is 6.17. The van der Waals surface area contributed by atoms with Gasteiger partial charge in [0.1, 0.15) is 0 Å². The molecule has 0 radical (unpaired) electrons. The van der Waals surface area contributed by atoms with E-state index in [0.29, 0.717) is 6.04 Å². The van der Waals surface area contributed by atoms with E-state index in [2.05, 4.69) is 19.2 Å². The summed E-state index contributed by atoms with van der Waals surface area (Å²) in [7, 11) is 0. The molecule has 0 amide bonds. The lowest BCUT2D eigenvalue weighted by molar-refractivity contribution is 0.0416. The number of nitrogens with one attached hydrogen (secondary N) is 1. The van der Waals surface area contributed by atoms with Crippen molar-refractivity contribution in [1.29, 1.82) is 0 Å². The molecule has 2 N–H and O–H groups in total. The van der Waals surface area contributed by atoms with Crippen LogP contribution in [0.15, 0.2) is 0 Å². The number of aliphatic hydroxyl groups is 1. The topological polar surface area (TPSA) is 32.3 Å². The lowest BCUT2D eigenvalue weighted by Crippen LogP contribution is -2.40. The molecule has 2 heteroatoms. The highest BCUT2D eigenvalue weighted by atomic mass is 16.3. The molecular weight excluding hydrogens is 174 g/mol. The van der Waals surface area contributed by atoms with Crippen molar-refractivity contribution in [2.45, 2.75) is 64.5 Å². The summed E-state index contributed by atoms with van der Waals surface area (Å²) >= 11 is 0. The third-order valence-corrected chi connectivity index (χ3v) is 3.30. The Hall–Kier alpha value is -0.0800. The van der Waals surface area contributed by atoms with Crippen molar-refractivity contribution in [3.63, 3.8) is 0 Å². The molecule has 0 bridgehead atoms. The zero-order chi connectivity index (χ0) is 10.4. The van der Waals surface area contributed by atoms with Gasteiger partial charge < -0.3 is 10.4 Å². The van der Waals surface area contributed by atoms with E-state index in [-0.39, 0.29) is 6.10 Å². The standard InChI is InChI=1S/C12H25NO/c1-3-5-6-11(4-2)13-9-10-7-12(14)8-10/h10-14H,3-9H2,1-2H3. The fourth-order valence-electron chi connectivity index (χ4n) is 2.10. The van der Waals surface area contributed by atoms with Crippen LogP contribution in [0.5, 0.6) is 0 Å². The summed E-state index contributed by atoms with van der Waals surface area (Å²) in [6, 6.07) is 0.702. The molecular formula is C12H25NO. The van der Waals surface area contributed by atoms with Gasteiger partial charge in [0.2, 0.25) is 0 Å². The molecule has 0 heterocycles. The Morgan fingerprint density at radius 3 is 2.57 bits per heavy atom. The van der Waals surface area contributed by atoms with Gasteiger partial charge >= 0.3 is 0 Å². The summed E-state index contributed by atoms with van der Waals surface area (Å²) in [5.74, 6) is 0.737. The van der Waals surface area contributed by atoms with Gasteiger partial charge in [-0.25, -0.2) is 0 Å². The molecule has 14 heavy (non-hydrogen) atoms. The minimum absolute atomic E-state index is 0.00230. The predicted octanol–water partition coefficient (Wildman–Crippen LogP) is 2.32. The molecule has 1 rings (SSSR count). The highest BCUT2D eigenvalue weighted by Crippen LogP contribution is 2.26. The highest BCUT2D eigenvalue weighted by Gasteiger charge is 2.26. The van der Waals surface area contributed by atoms with Crippen LogP contribution in [0, 0.1) is 5.92 Å². The SMILES string of the molecule is CCCCC(CC)NCC1CC(O)C1. The first kappa shape index (κ1) is 12.0. The fraction of sp³-hybridized carbons (Fsp3) is 1.00. The molecule has 0 spiro atoms. The number of hydrogen-bond donors (Lipinski definition) is 2. The number of hydrogen-bond acceptors (Lipinski definition) is 2. The van der Waals surface area contributed by atoms with E-state index in [4.69, 9.17) is 5.11 Å². The Kier molecular flexibility index (Phi) is 5.49. The van der Waals surface area contributed by atoms with Gasteiger partial charge in [0.25, 0.3) is 0 Å². The smallest absolute Gasteiger partial charge is 0.0546 e. The molecule has 0 aromatic carbocycles. The van der Waals surface area contributed by atoms with Gasteiger partial charge in [-0.3, -0.25) is 0 Å². The van der Waals surface area contributed by atoms with Gasteiger partial charge in [-0.05, 0) is 38.1 Å². The van der Waals surface area contributed by atoms with Crippen LogP contribution >= 0.6 is 0 Å². The van der Waals surface area contributed by atoms with Crippen molar-refractivity contribution in [2.75, 3.05) is 6.54 Å². The molecule has 0 aliphatic heterocycles. The largest absolute Gasteiger partial charge is 0.393 e. The maximum Gasteiger partial charge on any atom is 0.0546 e. The Morgan fingerprint density at radius 2 is 2.07 bits per heavy atom. The van der Waals surface area contributed by atoms with E-state index in [0.717, 1.165) is 25.3 Å². The highest BCUT2D eigenvalue weighted by molar-refractivity contribution is 4.81. The molecule has 84 valence electrons. The van der Waals surface area contributed by atoms with E-state index >= 15 is 0 Å². The summed E-state index contributed by atoms with van der Waals surface area (Å²) in [6.45, 7) is 5.61. The normalized spacial score (nSPS) is 28.5. The lowest BCUT2D eigenvalue weighted by atomic mass is 9.82. The van der Waals surface area contributed by atoms with Crippen LogP contribution in [0.3, 0.4) is 0 Å². The van der Waals surface area contributed by atoms with Crippen molar-refractivity contribution in [3.05, 3.63) is 0 Å². The van der Waals surface area contributed by atoms with E-state index in [1.54, 1.807) is 0 Å². The van der Waals surface area contributed by atoms with Crippen molar-refractivity contribution in [2.24, 2.45) is 5.92 Å². The zero-order valence-electron chi connectivity index (χ0n) is 9.63. The second kappa shape index (κ2) is 6.41. The molecule has 0 aromatic rings. The summed E-state index contributed by atoms with van der Waals surface area (Å²) in [4.78, 5) is 0. The van der Waals surface area contributed by atoms with Gasteiger partial charge in [0.15, 0.2) is 0 Å². The van der Waals surface area contributed by atoms with E-state index in [9.17, 15) is 0 Å². The maximum absolute atomic E-state index is 9.15. The van der Waals surface area contributed by atoms with E-state index in [1.165, 1.54) is 25.7 Å². The molecule has 0 saturated heterocycles. The average Bonchev–Trinajstić information content (AvgIpc) is 2.15. The maximum atomic E-state index is 9.15. The molecule has 1 aliphatic rings. The fourth-order valence-corrected chi connectivity index (χ4v) is 2.10. The number of aliphatic hydroxyl groups excluding tert-OH is 1. The summed E-state index contributed by atoms with van der Waals surface area (Å²) in [5, 5.41) is 12.8. The summed E-state index contributed by atoms with van der Waals surface area (Å²) in [6.07, 6.45) is 7.18. The van der Waals surface area contributed by atoms with Gasteiger partial charge in [0, 0.05) is 6.04 Å².